The summed E-state index contributed by atoms with van der Waals surface area (Å²) in [5.74, 6) is 0.524. The SMILES string of the molecule is O[C@@H](c1ccoc1)c1ccco1. The van der Waals surface area contributed by atoms with E-state index in [-0.39, 0.29) is 0 Å². The van der Waals surface area contributed by atoms with Crippen molar-refractivity contribution in [2.24, 2.45) is 0 Å². The van der Waals surface area contributed by atoms with Crippen molar-refractivity contribution >= 4 is 0 Å². The maximum absolute atomic E-state index is 9.62. The molecule has 3 heteroatoms. The molecule has 0 aliphatic rings. The van der Waals surface area contributed by atoms with E-state index >= 15 is 0 Å². The van der Waals surface area contributed by atoms with E-state index in [4.69, 9.17) is 8.83 Å². The molecule has 0 saturated heterocycles. The van der Waals surface area contributed by atoms with Crippen molar-refractivity contribution in [3.8, 4) is 0 Å². The summed E-state index contributed by atoms with van der Waals surface area (Å²) in [4.78, 5) is 0. The normalized spacial score (nSPS) is 13.1. The van der Waals surface area contributed by atoms with E-state index in [1.54, 1.807) is 18.2 Å². The Bertz CT molecular complexity index is 286. The van der Waals surface area contributed by atoms with Crippen molar-refractivity contribution in [3.05, 3.63) is 48.3 Å². The van der Waals surface area contributed by atoms with Crippen molar-refractivity contribution in [2.75, 3.05) is 0 Å². The first-order chi connectivity index (χ1) is 5.88. The molecular formula is C9H8O3. The van der Waals surface area contributed by atoms with Crippen LogP contribution in [-0.2, 0) is 0 Å². The van der Waals surface area contributed by atoms with Gasteiger partial charge < -0.3 is 13.9 Å². The highest BCUT2D eigenvalue weighted by Gasteiger charge is 2.13. The standard InChI is InChI=1S/C9H8O3/c10-9(7-3-5-11-6-7)8-2-1-4-12-8/h1-6,9-10H/t9-/m0/s1. The van der Waals surface area contributed by atoms with Crippen LogP contribution < -0.4 is 0 Å². The van der Waals surface area contributed by atoms with E-state index < -0.39 is 6.10 Å². The first-order valence-electron chi connectivity index (χ1n) is 3.61. The van der Waals surface area contributed by atoms with Gasteiger partial charge >= 0.3 is 0 Å². The first-order valence-corrected chi connectivity index (χ1v) is 3.61. The van der Waals surface area contributed by atoms with Gasteiger partial charge in [-0.25, -0.2) is 0 Å². The quantitative estimate of drug-likeness (QED) is 0.737. The van der Waals surface area contributed by atoms with Crippen LogP contribution in [0.15, 0.2) is 45.8 Å². The van der Waals surface area contributed by atoms with E-state index in [1.807, 2.05) is 0 Å². The van der Waals surface area contributed by atoms with Crippen molar-refractivity contribution < 1.29 is 13.9 Å². The van der Waals surface area contributed by atoms with Crippen LogP contribution in [0.3, 0.4) is 0 Å². The van der Waals surface area contributed by atoms with Gasteiger partial charge in [0.1, 0.15) is 11.9 Å². The molecule has 2 aromatic heterocycles. The molecule has 3 nitrogen and oxygen atoms in total. The fourth-order valence-corrected chi connectivity index (χ4v) is 1.04. The van der Waals surface area contributed by atoms with Gasteiger partial charge in [-0.1, -0.05) is 0 Å². The van der Waals surface area contributed by atoms with Crippen LogP contribution in [0.25, 0.3) is 0 Å². The first kappa shape index (κ1) is 7.18. The summed E-state index contributed by atoms with van der Waals surface area (Å²) in [7, 11) is 0. The zero-order valence-corrected chi connectivity index (χ0v) is 6.31. The van der Waals surface area contributed by atoms with Gasteiger partial charge in [-0.2, -0.15) is 0 Å². The zero-order valence-electron chi connectivity index (χ0n) is 6.31. The minimum absolute atomic E-state index is 0.524. The minimum atomic E-state index is -0.723. The molecule has 2 rings (SSSR count). The fraction of sp³-hybridized carbons (Fsp3) is 0.111. The highest BCUT2D eigenvalue weighted by Crippen LogP contribution is 2.21. The van der Waals surface area contributed by atoms with Crippen LogP contribution >= 0.6 is 0 Å². The number of aliphatic hydroxyl groups excluding tert-OH is 1. The Morgan fingerprint density at radius 3 is 2.75 bits per heavy atom. The lowest BCUT2D eigenvalue weighted by Gasteiger charge is -2.02. The predicted octanol–water partition coefficient (Wildman–Crippen LogP) is 1.95. The smallest absolute Gasteiger partial charge is 0.140 e. The van der Waals surface area contributed by atoms with Crippen molar-refractivity contribution in [1.82, 2.24) is 0 Å². The highest BCUT2D eigenvalue weighted by molar-refractivity contribution is 5.19. The molecule has 0 spiro atoms. The number of furan rings is 2. The average Bonchev–Trinajstić information content (AvgIpc) is 2.77. The summed E-state index contributed by atoms with van der Waals surface area (Å²) >= 11 is 0. The minimum Gasteiger partial charge on any atom is -0.472 e. The molecule has 2 aromatic rings. The average molecular weight is 164 g/mol. The second kappa shape index (κ2) is 2.87. The fourth-order valence-electron chi connectivity index (χ4n) is 1.04. The van der Waals surface area contributed by atoms with Gasteiger partial charge in [0.05, 0.1) is 18.8 Å². The summed E-state index contributed by atoms with van der Waals surface area (Å²) in [6, 6.07) is 5.16. The summed E-state index contributed by atoms with van der Waals surface area (Å²) in [5.41, 5.74) is 0.699. The predicted molar refractivity (Wildman–Crippen MR) is 41.5 cm³/mol. The summed E-state index contributed by atoms with van der Waals surface area (Å²) in [6.45, 7) is 0. The number of hydrogen-bond acceptors (Lipinski definition) is 3. The van der Waals surface area contributed by atoms with Crippen LogP contribution in [-0.4, -0.2) is 5.11 Å². The van der Waals surface area contributed by atoms with Crippen LogP contribution in [0.5, 0.6) is 0 Å². The number of hydrogen-bond donors (Lipinski definition) is 1. The lowest BCUT2D eigenvalue weighted by molar-refractivity contribution is 0.188. The molecule has 1 atom stereocenters. The van der Waals surface area contributed by atoms with Crippen LogP contribution in [0.2, 0.25) is 0 Å². The molecule has 0 fully saturated rings. The topological polar surface area (TPSA) is 46.5 Å². The largest absolute Gasteiger partial charge is 0.472 e. The molecule has 2 heterocycles. The zero-order chi connectivity index (χ0) is 8.39. The molecule has 0 bridgehead atoms. The third-order valence-electron chi connectivity index (χ3n) is 1.67. The third kappa shape index (κ3) is 1.14. The van der Waals surface area contributed by atoms with E-state index in [2.05, 4.69) is 0 Å². The Hall–Kier alpha value is -1.48. The van der Waals surface area contributed by atoms with Crippen molar-refractivity contribution in [1.29, 1.82) is 0 Å². The molecule has 0 aliphatic carbocycles. The molecule has 0 radical (unpaired) electrons. The van der Waals surface area contributed by atoms with Gasteiger partial charge in [-0.05, 0) is 18.2 Å². The van der Waals surface area contributed by atoms with Gasteiger partial charge in [0.15, 0.2) is 0 Å². The van der Waals surface area contributed by atoms with Crippen molar-refractivity contribution in [3.63, 3.8) is 0 Å². The van der Waals surface area contributed by atoms with Crippen LogP contribution in [0.1, 0.15) is 17.4 Å². The molecule has 1 N–H and O–H groups in total. The lowest BCUT2D eigenvalue weighted by Crippen LogP contribution is -1.94. The monoisotopic (exact) mass is 164 g/mol. The second-order valence-electron chi connectivity index (χ2n) is 2.47. The molecular weight excluding hydrogens is 156 g/mol. The van der Waals surface area contributed by atoms with E-state index in [0.717, 1.165) is 0 Å². The van der Waals surface area contributed by atoms with Gasteiger partial charge in [0.25, 0.3) is 0 Å². The molecule has 0 aromatic carbocycles. The summed E-state index contributed by atoms with van der Waals surface area (Å²) in [5, 5.41) is 9.62. The van der Waals surface area contributed by atoms with E-state index in [0.29, 0.717) is 11.3 Å². The van der Waals surface area contributed by atoms with Gasteiger partial charge in [-0.3, -0.25) is 0 Å². The van der Waals surface area contributed by atoms with E-state index in [9.17, 15) is 5.11 Å². The van der Waals surface area contributed by atoms with Gasteiger partial charge in [0, 0.05) is 5.56 Å². The third-order valence-corrected chi connectivity index (χ3v) is 1.67. The maximum atomic E-state index is 9.62. The second-order valence-corrected chi connectivity index (χ2v) is 2.47. The van der Waals surface area contributed by atoms with Crippen LogP contribution in [0, 0.1) is 0 Å². The van der Waals surface area contributed by atoms with Gasteiger partial charge in [-0.15, -0.1) is 0 Å². The number of aliphatic hydroxyl groups is 1. The summed E-state index contributed by atoms with van der Waals surface area (Å²) in [6.07, 6.45) is 3.81. The molecule has 62 valence electrons. The Balaban J connectivity index is 2.27. The summed E-state index contributed by atoms with van der Waals surface area (Å²) < 4.78 is 9.86. The molecule has 12 heavy (non-hydrogen) atoms. The van der Waals surface area contributed by atoms with Crippen LogP contribution in [0.4, 0.5) is 0 Å². The van der Waals surface area contributed by atoms with Crippen molar-refractivity contribution in [2.45, 2.75) is 6.10 Å². The molecule has 0 unspecified atom stereocenters. The lowest BCUT2D eigenvalue weighted by atomic mass is 10.1. The maximum Gasteiger partial charge on any atom is 0.140 e. The van der Waals surface area contributed by atoms with Gasteiger partial charge in [0.2, 0.25) is 0 Å². The Kier molecular flexibility index (Phi) is 1.72. The van der Waals surface area contributed by atoms with E-state index in [1.165, 1.54) is 18.8 Å². The molecule has 0 saturated carbocycles. The molecule has 0 aliphatic heterocycles. The Labute approximate surface area is 69.2 Å². The molecule has 0 amide bonds. The highest BCUT2D eigenvalue weighted by atomic mass is 16.4. The Morgan fingerprint density at radius 2 is 2.17 bits per heavy atom. The Morgan fingerprint density at radius 1 is 1.25 bits per heavy atom. The number of rotatable bonds is 2.